The fourth-order valence-electron chi connectivity index (χ4n) is 2.10. The predicted octanol–water partition coefficient (Wildman–Crippen LogP) is -0.481. The van der Waals surface area contributed by atoms with Gasteiger partial charge in [0.2, 0.25) is 11.9 Å². The van der Waals surface area contributed by atoms with Crippen molar-refractivity contribution in [3.8, 4) is 0 Å². The number of hydrogen-bond acceptors (Lipinski definition) is 6. The van der Waals surface area contributed by atoms with Crippen molar-refractivity contribution in [2.45, 2.75) is 13.0 Å². The maximum atomic E-state index is 12.0. The molecule has 0 aliphatic carbocycles. The molecule has 2 unspecified atom stereocenters. The number of carbonyl (C=O) groups is 2. The van der Waals surface area contributed by atoms with Crippen LogP contribution in [0.15, 0.2) is 18.5 Å². The molecule has 8 nitrogen and oxygen atoms in total. The van der Waals surface area contributed by atoms with E-state index in [4.69, 9.17) is 4.74 Å². The van der Waals surface area contributed by atoms with Crippen molar-refractivity contribution in [2.75, 3.05) is 31.7 Å². The molecule has 2 heterocycles. The molecule has 0 bridgehead atoms. The largest absolute Gasteiger partial charge is 0.481 e. The number of carboxylic acids is 1. The summed E-state index contributed by atoms with van der Waals surface area (Å²) < 4.78 is 5.19. The van der Waals surface area contributed by atoms with E-state index in [0.717, 1.165) is 0 Å². The molecule has 1 aromatic rings. The zero-order chi connectivity index (χ0) is 15.5. The summed E-state index contributed by atoms with van der Waals surface area (Å²) in [5, 5.41) is 12.0. The van der Waals surface area contributed by atoms with Gasteiger partial charge >= 0.3 is 5.97 Å². The molecular formula is C13H18N4O4. The average Bonchev–Trinajstić information content (AvgIpc) is 2.82. The Morgan fingerprint density at radius 1 is 1.52 bits per heavy atom. The Morgan fingerprint density at radius 3 is 2.81 bits per heavy atom. The molecule has 2 rings (SSSR count). The Morgan fingerprint density at radius 2 is 2.19 bits per heavy atom. The van der Waals surface area contributed by atoms with Crippen LogP contribution in [0, 0.1) is 5.41 Å². The maximum Gasteiger partial charge on any atom is 0.313 e. The molecule has 8 heteroatoms. The first-order valence-electron chi connectivity index (χ1n) is 6.52. The second-order valence-electron chi connectivity index (χ2n) is 5.26. The number of aromatic nitrogens is 2. The molecule has 0 aromatic carbocycles. The van der Waals surface area contributed by atoms with Gasteiger partial charge in [0.15, 0.2) is 0 Å². The van der Waals surface area contributed by atoms with E-state index in [2.05, 4.69) is 15.3 Å². The van der Waals surface area contributed by atoms with Crippen molar-refractivity contribution in [3.63, 3.8) is 0 Å². The summed E-state index contributed by atoms with van der Waals surface area (Å²) in [6, 6.07) is 1.14. The Kier molecular flexibility index (Phi) is 4.37. The summed E-state index contributed by atoms with van der Waals surface area (Å²) >= 11 is 0. The summed E-state index contributed by atoms with van der Waals surface area (Å²) in [4.78, 5) is 33.0. The van der Waals surface area contributed by atoms with E-state index in [0.29, 0.717) is 5.95 Å². The van der Waals surface area contributed by atoms with Crippen LogP contribution in [-0.2, 0) is 14.3 Å². The van der Waals surface area contributed by atoms with Crippen LogP contribution in [0.3, 0.4) is 0 Å². The highest BCUT2D eigenvalue weighted by molar-refractivity contribution is 5.83. The molecule has 1 amide bonds. The Labute approximate surface area is 122 Å². The lowest BCUT2D eigenvalue weighted by Crippen LogP contribution is -2.51. The van der Waals surface area contributed by atoms with E-state index in [-0.39, 0.29) is 25.7 Å². The summed E-state index contributed by atoms with van der Waals surface area (Å²) in [6.07, 6.45) is 3.17. The molecule has 2 atom stereocenters. The SMILES string of the molecule is CN(CC(=O)NC1COCC1(C)C(=O)O)c1ncccn1. The highest BCUT2D eigenvalue weighted by Crippen LogP contribution is 2.28. The zero-order valence-electron chi connectivity index (χ0n) is 11.9. The third kappa shape index (κ3) is 3.27. The van der Waals surface area contributed by atoms with E-state index < -0.39 is 17.4 Å². The van der Waals surface area contributed by atoms with E-state index in [9.17, 15) is 14.7 Å². The topological polar surface area (TPSA) is 105 Å². The lowest BCUT2D eigenvalue weighted by molar-refractivity contribution is -0.149. The summed E-state index contributed by atoms with van der Waals surface area (Å²) in [7, 11) is 1.69. The third-order valence-electron chi connectivity index (χ3n) is 3.55. The number of aliphatic carboxylic acids is 1. The molecule has 1 aromatic heterocycles. The van der Waals surface area contributed by atoms with Crippen LogP contribution in [0.1, 0.15) is 6.92 Å². The van der Waals surface area contributed by atoms with Gasteiger partial charge in [0.25, 0.3) is 0 Å². The van der Waals surface area contributed by atoms with Crippen molar-refractivity contribution >= 4 is 17.8 Å². The van der Waals surface area contributed by atoms with E-state index in [1.165, 1.54) is 0 Å². The highest BCUT2D eigenvalue weighted by Gasteiger charge is 2.47. The van der Waals surface area contributed by atoms with Crippen molar-refractivity contribution in [3.05, 3.63) is 18.5 Å². The van der Waals surface area contributed by atoms with Crippen LogP contribution in [0.25, 0.3) is 0 Å². The number of ether oxygens (including phenoxy) is 1. The quantitative estimate of drug-likeness (QED) is 0.755. The Bertz CT molecular complexity index is 524. The van der Waals surface area contributed by atoms with Crippen LogP contribution >= 0.6 is 0 Å². The van der Waals surface area contributed by atoms with E-state index in [1.54, 1.807) is 37.3 Å². The van der Waals surface area contributed by atoms with E-state index >= 15 is 0 Å². The lowest BCUT2D eigenvalue weighted by atomic mass is 9.85. The first kappa shape index (κ1) is 15.2. The Balaban J connectivity index is 1.94. The van der Waals surface area contributed by atoms with Crippen molar-refractivity contribution in [1.29, 1.82) is 0 Å². The van der Waals surface area contributed by atoms with Crippen LogP contribution in [0.2, 0.25) is 0 Å². The number of amides is 1. The van der Waals surface area contributed by atoms with Gasteiger partial charge in [-0.05, 0) is 13.0 Å². The van der Waals surface area contributed by atoms with Gasteiger partial charge in [0, 0.05) is 19.4 Å². The standard InChI is InChI=1S/C13H18N4O4/c1-13(11(19)20)8-21-7-9(13)16-10(18)6-17(2)12-14-4-3-5-15-12/h3-5,9H,6-8H2,1-2H3,(H,16,18)(H,19,20). The summed E-state index contributed by atoms with van der Waals surface area (Å²) in [5.41, 5.74) is -1.10. The first-order chi connectivity index (χ1) is 9.93. The molecule has 1 fully saturated rings. The van der Waals surface area contributed by atoms with Gasteiger partial charge in [-0.1, -0.05) is 0 Å². The molecule has 1 aliphatic rings. The molecule has 21 heavy (non-hydrogen) atoms. The minimum Gasteiger partial charge on any atom is -0.481 e. The number of carboxylic acid groups (broad SMARTS) is 1. The second kappa shape index (κ2) is 6.04. The van der Waals surface area contributed by atoms with E-state index in [1.807, 2.05) is 0 Å². The predicted molar refractivity (Wildman–Crippen MR) is 73.8 cm³/mol. The molecule has 2 N–H and O–H groups in total. The lowest BCUT2D eigenvalue weighted by Gasteiger charge is -2.26. The molecule has 1 saturated heterocycles. The number of carbonyl (C=O) groups excluding carboxylic acids is 1. The fraction of sp³-hybridized carbons (Fsp3) is 0.538. The van der Waals surface area contributed by atoms with Crippen LogP contribution in [-0.4, -0.2) is 59.8 Å². The molecular weight excluding hydrogens is 276 g/mol. The molecule has 0 spiro atoms. The first-order valence-corrected chi connectivity index (χ1v) is 6.52. The van der Waals surface area contributed by atoms with Gasteiger partial charge in [0.05, 0.1) is 25.8 Å². The summed E-state index contributed by atoms with van der Waals surface area (Å²) in [6.45, 7) is 1.89. The van der Waals surface area contributed by atoms with Crippen molar-refractivity contribution in [2.24, 2.45) is 5.41 Å². The normalized spacial score (nSPS) is 24.6. The molecule has 1 aliphatic heterocycles. The average molecular weight is 294 g/mol. The van der Waals surface area contributed by atoms with Gasteiger partial charge < -0.3 is 20.1 Å². The summed E-state index contributed by atoms with van der Waals surface area (Å²) in [5.74, 6) is -0.853. The van der Waals surface area contributed by atoms with Crippen molar-refractivity contribution < 1.29 is 19.4 Å². The number of nitrogens with one attached hydrogen (secondary N) is 1. The minimum atomic E-state index is -1.10. The fourth-order valence-corrected chi connectivity index (χ4v) is 2.10. The number of hydrogen-bond donors (Lipinski definition) is 2. The zero-order valence-corrected chi connectivity index (χ0v) is 11.9. The Hall–Kier alpha value is -2.22. The number of likely N-dealkylation sites (N-methyl/N-ethyl adjacent to an activating group) is 1. The number of rotatable bonds is 5. The van der Waals surface area contributed by atoms with Crippen LogP contribution in [0.4, 0.5) is 5.95 Å². The minimum absolute atomic E-state index is 0.0379. The monoisotopic (exact) mass is 294 g/mol. The molecule has 0 radical (unpaired) electrons. The highest BCUT2D eigenvalue weighted by atomic mass is 16.5. The van der Waals surface area contributed by atoms with Crippen LogP contribution < -0.4 is 10.2 Å². The van der Waals surface area contributed by atoms with Crippen molar-refractivity contribution in [1.82, 2.24) is 15.3 Å². The van der Waals surface area contributed by atoms with Gasteiger partial charge in [-0.15, -0.1) is 0 Å². The van der Waals surface area contributed by atoms with Crippen LogP contribution in [0.5, 0.6) is 0 Å². The molecule has 114 valence electrons. The van der Waals surface area contributed by atoms with Gasteiger partial charge in [-0.25, -0.2) is 9.97 Å². The van der Waals surface area contributed by atoms with Gasteiger partial charge in [-0.3, -0.25) is 9.59 Å². The number of anilines is 1. The van der Waals surface area contributed by atoms with Gasteiger partial charge in [0.1, 0.15) is 5.41 Å². The van der Waals surface area contributed by atoms with Gasteiger partial charge in [-0.2, -0.15) is 0 Å². The third-order valence-corrected chi connectivity index (χ3v) is 3.55. The number of nitrogens with zero attached hydrogens (tertiary/aromatic N) is 3. The smallest absolute Gasteiger partial charge is 0.313 e. The second-order valence-corrected chi connectivity index (χ2v) is 5.26. The molecule has 0 saturated carbocycles. The maximum absolute atomic E-state index is 12.0.